The lowest BCUT2D eigenvalue weighted by atomic mass is 9.77. The summed E-state index contributed by atoms with van der Waals surface area (Å²) in [5, 5.41) is 0. The highest BCUT2D eigenvalue weighted by molar-refractivity contribution is 5.95. The van der Waals surface area contributed by atoms with E-state index in [0.717, 1.165) is 6.26 Å². The van der Waals surface area contributed by atoms with Gasteiger partial charge in [-0.15, -0.1) is 0 Å². The van der Waals surface area contributed by atoms with Crippen LogP contribution in [0.3, 0.4) is 0 Å². The molecule has 2 bridgehead atoms. The van der Waals surface area contributed by atoms with E-state index in [1.807, 2.05) is 0 Å². The largest absolute Gasteiger partial charge is 0.466 e. The fourth-order valence-electron chi connectivity index (χ4n) is 2.21. The molecule has 0 N–H and O–H groups in total. The molecule has 18 heavy (non-hydrogen) atoms. The minimum Gasteiger partial charge on any atom is -0.466 e. The highest BCUT2D eigenvalue weighted by Gasteiger charge is 2.49. The molecule has 0 aromatic rings. The highest BCUT2D eigenvalue weighted by atomic mass is 16.6. The van der Waals surface area contributed by atoms with Crippen LogP contribution in [-0.2, 0) is 28.6 Å². The molecule has 2 heterocycles. The molecule has 0 aromatic heterocycles. The van der Waals surface area contributed by atoms with E-state index in [0.29, 0.717) is 0 Å². The molecular formula is C12H12O6. The second kappa shape index (κ2) is 4.64. The predicted molar refractivity (Wildman–Crippen MR) is 57.9 cm³/mol. The summed E-state index contributed by atoms with van der Waals surface area (Å²) in [5.74, 6) is -2.90. The first kappa shape index (κ1) is 12.3. The van der Waals surface area contributed by atoms with Gasteiger partial charge in [0.1, 0.15) is 6.10 Å². The molecule has 0 aromatic carbocycles. The van der Waals surface area contributed by atoms with E-state index >= 15 is 0 Å². The van der Waals surface area contributed by atoms with Gasteiger partial charge in [0, 0.05) is 0 Å². The zero-order valence-corrected chi connectivity index (χ0v) is 9.75. The third-order valence-corrected chi connectivity index (χ3v) is 3.03. The lowest BCUT2D eigenvalue weighted by Crippen LogP contribution is -2.48. The summed E-state index contributed by atoms with van der Waals surface area (Å²) in [7, 11) is 1.23. The van der Waals surface area contributed by atoms with Crippen LogP contribution in [0.2, 0.25) is 0 Å². The molecule has 3 rings (SSSR count). The minimum atomic E-state index is -0.928. The Morgan fingerprint density at radius 3 is 2.83 bits per heavy atom. The topological polar surface area (TPSA) is 78.9 Å². The summed E-state index contributed by atoms with van der Waals surface area (Å²) in [4.78, 5) is 34.7. The molecule has 0 saturated carbocycles. The zero-order chi connectivity index (χ0) is 13.3. The molecule has 3 aliphatic rings. The van der Waals surface area contributed by atoms with Gasteiger partial charge in [0.15, 0.2) is 0 Å². The highest BCUT2D eigenvalue weighted by Crippen LogP contribution is 2.38. The van der Waals surface area contributed by atoms with Crippen LogP contribution in [-0.4, -0.2) is 31.1 Å². The van der Waals surface area contributed by atoms with Gasteiger partial charge in [0.2, 0.25) is 0 Å². The number of carbonyl (C=O) groups is 3. The number of fused-ring (bicyclic) bond motifs is 2. The third-order valence-electron chi connectivity index (χ3n) is 3.03. The average Bonchev–Trinajstić information content (AvgIpc) is 2.38. The van der Waals surface area contributed by atoms with Crippen molar-refractivity contribution in [2.24, 2.45) is 11.8 Å². The Labute approximate surface area is 103 Å². The SMILES string of the molecule is C=COC(=O)[C@@H]1C[C@@H]2C=C(C(=O)OC)[C@H]1OC2=O. The van der Waals surface area contributed by atoms with Gasteiger partial charge in [-0.3, -0.25) is 9.59 Å². The van der Waals surface area contributed by atoms with Crippen LogP contribution < -0.4 is 0 Å². The quantitative estimate of drug-likeness (QED) is 0.409. The maximum absolute atomic E-state index is 11.7. The van der Waals surface area contributed by atoms with Crippen molar-refractivity contribution in [3.63, 3.8) is 0 Å². The molecule has 6 heteroatoms. The molecule has 1 saturated heterocycles. The molecule has 3 atom stereocenters. The van der Waals surface area contributed by atoms with Crippen molar-refractivity contribution in [1.82, 2.24) is 0 Å². The Bertz CT molecular complexity index is 449. The van der Waals surface area contributed by atoms with Crippen molar-refractivity contribution in [3.05, 3.63) is 24.5 Å². The molecular weight excluding hydrogens is 240 g/mol. The lowest BCUT2D eigenvalue weighted by molar-refractivity contribution is -0.171. The molecule has 2 aliphatic heterocycles. The van der Waals surface area contributed by atoms with Crippen molar-refractivity contribution >= 4 is 17.9 Å². The van der Waals surface area contributed by atoms with Crippen molar-refractivity contribution in [2.45, 2.75) is 12.5 Å². The van der Waals surface area contributed by atoms with Crippen LogP contribution in [0.4, 0.5) is 0 Å². The Hall–Kier alpha value is -2.11. The van der Waals surface area contributed by atoms with Crippen molar-refractivity contribution in [1.29, 1.82) is 0 Å². The van der Waals surface area contributed by atoms with E-state index in [1.165, 1.54) is 13.2 Å². The van der Waals surface area contributed by atoms with Gasteiger partial charge in [0.05, 0.1) is 30.8 Å². The fraction of sp³-hybridized carbons (Fsp3) is 0.417. The van der Waals surface area contributed by atoms with E-state index in [1.54, 1.807) is 0 Å². The van der Waals surface area contributed by atoms with Crippen LogP contribution in [0.15, 0.2) is 24.5 Å². The smallest absolute Gasteiger partial charge is 0.337 e. The standard InChI is InChI=1S/C12H12O6/c1-3-17-12(15)8-5-6-4-7(11(14)16-2)9(8)18-10(6)13/h3-4,6,8-9H,1,5H2,2H3/t6-,8+,9+/m0/s1. The van der Waals surface area contributed by atoms with Crippen molar-refractivity contribution in [2.75, 3.05) is 7.11 Å². The Kier molecular flexibility index (Phi) is 3.18. The van der Waals surface area contributed by atoms with Gasteiger partial charge >= 0.3 is 17.9 Å². The van der Waals surface area contributed by atoms with Crippen LogP contribution in [0.25, 0.3) is 0 Å². The first-order chi connectivity index (χ1) is 8.58. The number of rotatable bonds is 3. The van der Waals surface area contributed by atoms with Gasteiger partial charge < -0.3 is 14.2 Å². The Morgan fingerprint density at radius 1 is 1.56 bits per heavy atom. The number of esters is 3. The number of methoxy groups -OCH3 is 1. The molecule has 1 aliphatic carbocycles. The van der Waals surface area contributed by atoms with Gasteiger partial charge in [-0.25, -0.2) is 4.79 Å². The van der Waals surface area contributed by atoms with Gasteiger partial charge in [-0.2, -0.15) is 0 Å². The molecule has 0 amide bonds. The summed E-state index contributed by atoms with van der Waals surface area (Å²) in [6.45, 7) is 3.29. The average molecular weight is 252 g/mol. The van der Waals surface area contributed by atoms with Crippen LogP contribution in [0, 0.1) is 11.8 Å². The summed E-state index contributed by atoms with van der Waals surface area (Å²) in [5.41, 5.74) is 0.194. The lowest BCUT2D eigenvalue weighted by Gasteiger charge is -2.37. The van der Waals surface area contributed by atoms with E-state index in [2.05, 4.69) is 16.1 Å². The van der Waals surface area contributed by atoms with Crippen LogP contribution >= 0.6 is 0 Å². The van der Waals surface area contributed by atoms with Crippen molar-refractivity contribution in [3.8, 4) is 0 Å². The Balaban J connectivity index is 2.28. The number of hydrogen-bond donors (Lipinski definition) is 0. The Morgan fingerprint density at radius 2 is 2.28 bits per heavy atom. The fourth-order valence-corrected chi connectivity index (χ4v) is 2.21. The van der Waals surface area contributed by atoms with E-state index < -0.39 is 35.8 Å². The minimum absolute atomic E-state index is 0.194. The normalized spacial score (nSPS) is 29.1. The number of hydrogen-bond acceptors (Lipinski definition) is 6. The van der Waals surface area contributed by atoms with E-state index in [4.69, 9.17) is 4.74 Å². The molecule has 96 valence electrons. The molecule has 1 fully saturated rings. The maximum Gasteiger partial charge on any atom is 0.337 e. The maximum atomic E-state index is 11.7. The van der Waals surface area contributed by atoms with Gasteiger partial charge in [-0.1, -0.05) is 12.7 Å². The molecule has 0 spiro atoms. The first-order valence-corrected chi connectivity index (χ1v) is 5.40. The van der Waals surface area contributed by atoms with Crippen molar-refractivity contribution < 1.29 is 28.6 Å². The first-order valence-electron chi connectivity index (χ1n) is 5.40. The van der Waals surface area contributed by atoms with Crippen LogP contribution in [0.1, 0.15) is 6.42 Å². The second-order valence-corrected chi connectivity index (χ2v) is 4.02. The molecule has 0 unspecified atom stereocenters. The monoisotopic (exact) mass is 252 g/mol. The molecule has 6 nitrogen and oxygen atoms in total. The van der Waals surface area contributed by atoms with Crippen LogP contribution in [0.5, 0.6) is 0 Å². The van der Waals surface area contributed by atoms with Gasteiger partial charge in [-0.05, 0) is 6.42 Å². The summed E-state index contributed by atoms with van der Waals surface area (Å²) in [6.07, 6.45) is 1.85. The predicted octanol–water partition coefficient (Wildman–Crippen LogP) is 0.334. The zero-order valence-electron chi connectivity index (χ0n) is 9.75. The number of ether oxygens (including phenoxy) is 3. The summed E-state index contributed by atoms with van der Waals surface area (Å²) < 4.78 is 14.3. The second-order valence-electron chi connectivity index (χ2n) is 4.02. The summed E-state index contributed by atoms with van der Waals surface area (Å²) in [6, 6.07) is 0. The van der Waals surface area contributed by atoms with E-state index in [9.17, 15) is 14.4 Å². The number of carbonyl (C=O) groups excluding carboxylic acids is 3. The summed E-state index contributed by atoms with van der Waals surface area (Å²) >= 11 is 0. The third kappa shape index (κ3) is 1.90. The van der Waals surface area contributed by atoms with E-state index in [-0.39, 0.29) is 12.0 Å². The van der Waals surface area contributed by atoms with Gasteiger partial charge in [0.25, 0.3) is 0 Å². The molecule has 0 radical (unpaired) electrons.